The van der Waals surface area contributed by atoms with E-state index in [1.165, 1.54) is 5.56 Å². The average molecular weight is 377 g/mol. The molecule has 0 radical (unpaired) electrons. The first-order valence-corrected chi connectivity index (χ1v) is 9.36. The highest BCUT2D eigenvalue weighted by atomic mass is 16.5. The molecule has 1 aromatic heterocycles. The molecule has 0 atom stereocenters. The van der Waals surface area contributed by atoms with E-state index in [1.54, 1.807) is 12.1 Å². The number of aromatic nitrogens is 2. The van der Waals surface area contributed by atoms with Crippen molar-refractivity contribution in [2.24, 2.45) is 0 Å². The predicted molar refractivity (Wildman–Crippen MR) is 107 cm³/mol. The van der Waals surface area contributed by atoms with Crippen molar-refractivity contribution in [3.05, 3.63) is 65.5 Å². The van der Waals surface area contributed by atoms with E-state index < -0.39 is 0 Å². The summed E-state index contributed by atoms with van der Waals surface area (Å²) in [5, 5.41) is 4.08. The number of anilines is 1. The van der Waals surface area contributed by atoms with E-state index in [0.717, 1.165) is 18.7 Å². The van der Waals surface area contributed by atoms with Crippen molar-refractivity contribution >= 4 is 11.6 Å². The van der Waals surface area contributed by atoms with Gasteiger partial charge < -0.3 is 15.2 Å². The molecule has 1 aliphatic heterocycles. The minimum Gasteiger partial charge on any atom is -0.398 e. The van der Waals surface area contributed by atoms with Crippen LogP contribution in [0.15, 0.2) is 53.1 Å². The van der Waals surface area contributed by atoms with Crippen molar-refractivity contribution in [2.75, 3.05) is 31.9 Å². The maximum Gasteiger partial charge on any atom is 0.256 e. The number of hydrogen-bond donors (Lipinski definition) is 1. The van der Waals surface area contributed by atoms with E-state index in [2.05, 4.69) is 15.0 Å². The molecule has 0 spiro atoms. The van der Waals surface area contributed by atoms with E-state index in [0.29, 0.717) is 42.6 Å². The highest BCUT2D eigenvalue weighted by Crippen LogP contribution is 2.18. The zero-order chi connectivity index (χ0) is 19.5. The Kier molecular flexibility index (Phi) is 5.08. The Morgan fingerprint density at radius 2 is 1.79 bits per heavy atom. The Morgan fingerprint density at radius 1 is 1.07 bits per heavy atom. The van der Waals surface area contributed by atoms with Crippen molar-refractivity contribution in [3.63, 3.8) is 0 Å². The normalized spacial score (nSPS) is 15.0. The van der Waals surface area contributed by atoms with Gasteiger partial charge in [0.05, 0.1) is 12.1 Å². The molecular weight excluding hydrogens is 354 g/mol. The van der Waals surface area contributed by atoms with Gasteiger partial charge in [-0.15, -0.1) is 0 Å². The van der Waals surface area contributed by atoms with E-state index in [-0.39, 0.29) is 5.91 Å². The third-order valence-corrected chi connectivity index (χ3v) is 4.99. The monoisotopic (exact) mass is 377 g/mol. The smallest absolute Gasteiger partial charge is 0.256 e. The molecule has 0 bridgehead atoms. The highest BCUT2D eigenvalue weighted by molar-refractivity contribution is 5.99. The molecule has 1 saturated heterocycles. The second-order valence-corrected chi connectivity index (χ2v) is 7.03. The number of carbonyl (C=O) groups excluding carboxylic acids is 1. The molecule has 7 nitrogen and oxygen atoms in total. The maximum absolute atomic E-state index is 12.7. The zero-order valence-electron chi connectivity index (χ0n) is 15.8. The first-order chi connectivity index (χ1) is 13.6. The van der Waals surface area contributed by atoms with Gasteiger partial charge in [0, 0.05) is 37.4 Å². The minimum atomic E-state index is -0.0165. The Labute approximate surface area is 163 Å². The Bertz CT molecular complexity index is 959. The number of piperazine rings is 1. The number of benzene rings is 2. The van der Waals surface area contributed by atoms with Gasteiger partial charge in [-0.3, -0.25) is 9.69 Å². The quantitative estimate of drug-likeness (QED) is 0.703. The summed E-state index contributed by atoms with van der Waals surface area (Å²) >= 11 is 0. The number of nitrogens with two attached hydrogens (primary N) is 1. The first-order valence-electron chi connectivity index (χ1n) is 9.36. The molecule has 0 saturated carbocycles. The number of nitrogens with zero attached hydrogens (tertiary/aromatic N) is 4. The van der Waals surface area contributed by atoms with Crippen LogP contribution >= 0.6 is 0 Å². The minimum absolute atomic E-state index is 0.0165. The molecular formula is C21H23N5O2. The lowest BCUT2D eigenvalue weighted by molar-refractivity contribution is 0.0616. The number of carbonyl (C=O) groups is 1. The molecule has 4 rings (SSSR count). The van der Waals surface area contributed by atoms with Gasteiger partial charge in [-0.1, -0.05) is 47.1 Å². The fourth-order valence-electron chi connectivity index (χ4n) is 3.30. The summed E-state index contributed by atoms with van der Waals surface area (Å²) in [7, 11) is 0. The van der Waals surface area contributed by atoms with Crippen molar-refractivity contribution in [3.8, 4) is 11.4 Å². The van der Waals surface area contributed by atoms with Crippen LogP contribution in [0.2, 0.25) is 0 Å². The van der Waals surface area contributed by atoms with Crippen molar-refractivity contribution in [1.82, 2.24) is 19.9 Å². The molecule has 2 N–H and O–H groups in total. The van der Waals surface area contributed by atoms with Crippen LogP contribution in [0.1, 0.15) is 21.8 Å². The largest absolute Gasteiger partial charge is 0.398 e. The van der Waals surface area contributed by atoms with Crippen LogP contribution in [-0.2, 0) is 6.54 Å². The molecule has 0 unspecified atom stereocenters. The fourth-order valence-corrected chi connectivity index (χ4v) is 3.30. The lowest BCUT2D eigenvalue weighted by atomic mass is 10.1. The molecule has 3 aromatic rings. The van der Waals surface area contributed by atoms with Gasteiger partial charge in [-0.2, -0.15) is 4.98 Å². The Hall–Kier alpha value is -3.19. The molecule has 144 valence electrons. The molecule has 1 fully saturated rings. The average Bonchev–Trinajstić information content (AvgIpc) is 3.17. The van der Waals surface area contributed by atoms with Gasteiger partial charge in [-0.25, -0.2) is 0 Å². The fraction of sp³-hybridized carbons (Fsp3) is 0.286. The SMILES string of the molecule is Cc1ccc(-c2noc(CN3CCN(C(=O)c4ccccc4N)CC3)n2)cc1. The summed E-state index contributed by atoms with van der Waals surface area (Å²) in [6, 6.07) is 15.2. The molecule has 2 heterocycles. The van der Waals surface area contributed by atoms with E-state index >= 15 is 0 Å². The Morgan fingerprint density at radius 3 is 2.50 bits per heavy atom. The highest BCUT2D eigenvalue weighted by Gasteiger charge is 2.24. The molecule has 1 amide bonds. The van der Waals surface area contributed by atoms with Crippen LogP contribution in [0, 0.1) is 6.92 Å². The van der Waals surface area contributed by atoms with Gasteiger partial charge in [0.2, 0.25) is 11.7 Å². The van der Waals surface area contributed by atoms with Crippen molar-refractivity contribution in [2.45, 2.75) is 13.5 Å². The van der Waals surface area contributed by atoms with Crippen molar-refractivity contribution in [1.29, 1.82) is 0 Å². The summed E-state index contributed by atoms with van der Waals surface area (Å²) in [5.74, 6) is 1.17. The first kappa shape index (κ1) is 18.2. The molecule has 0 aliphatic carbocycles. The summed E-state index contributed by atoms with van der Waals surface area (Å²) in [5.41, 5.74) is 9.15. The summed E-state index contributed by atoms with van der Waals surface area (Å²) < 4.78 is 5.41. The van der Waals surface area contributed by atoms with Crippen molar-refractivity contribution < 1.29 is 9.32 Å². The van der Waals surface area contributed by atoms with E-state index in [4.69, 9.17) is 10.3 Å². The molecule has 2 aromatic carbocycles. The van der Waals surface area contributed by atoms with Gasteiger partial charge in [0.15, 0.2) is 0 Å². The van der Waals surface area contributed by atoms with Crippen LogP contribution < -0.4 is 5.73 Å². The topological polar surface area (TPSA) is 88.5 Å². The second-order valence-electron chi connectivity index (χ2n) is 7.03. The van der Waals surface area contributed by atoms with Gasteiger partial charge in [-0.05, 0) is 19.1 Å². The maximum atomic E-state index is 12.7. The lowest BCUT2D eigenvalue weighted by Crippen LogP contribution is -2.48. The Balaban J connectivity index is 1.34. The molecule has 28 heavy (non-hydrogen) atoms. The number of nitrogen functional groups attached to an aromatic ring is 1. The number of para-hydroxylation sites is 1. The van der Waals surface area contributed by atoms with Gasteiger partial charge >= 0.3 is 0 Å². The van der Waals surface area contributed by atoms with Crippen LogP contribution in [0.5, 0.6) is 0 Å². The number of aryl methyl sites for hydroxylation is 1. The lowest BCUT2D eigenvalue weighted by Gasteiger charge is -2.34. The van der Waals surface area contributed by atoms with Gasteiger partial charge in [0.1, 0.15) is 0 Å². The van der Waals surface area contributed by atoms with Crippen LogP contribution in [-0.4, -0.2) is 52.0 Å². The van der Waals surface area contributed by atoms with E-state index in [9.17, 15) is 4.79 Å². The number of hydrogen-bond acceptors (Lipinski definition) is 6. The van der Waals surface area contributed by atoms with Crippen LogP contribution in [0.4, 0.5) is 5.69 Å². The predicted octanol–water partition coefficient (Wildman–Crippen LogP) is 2.59. The zero-order valence-corrected chi connectivity index (χ0v) is 15.8. The summed E-state index contributed by atoms with van der Waals surface area (Å²) in [4.78, 5) is 21.2. The van der Waals surface area contributed by atoms with Crippen LogP contribution in [0.25, 0.3) is 11.4 Å². The second kappa shape index (κ2) is 7.82. The summed E-state index contributed by atoms with van der Waals surface area (Å²) in [6.45, 7) is 5.41. The standard InChI is InChI=1S/C21H23N5O2/c1-15-6-8-16(9-7-15)20-23-19(28-24-20)14-25-10-12-26(13-11-25)21(27)17-4-2-3-5-18(17)22/h2-9H,10-14,22H2,1H3. The third kappa shape index (κ3) is 3.89. The van der Waals surface area contributed by atoms with Crippen LogP contribution in [0.3, 0.4) is 0 Å². The molecule has 7 heteroatoms. The third-order valence-electron chi connectivity index (χ3n) is 4.99. The summed E-state index contributed by atoms with van der Waals surface area (Å²) in [6.07, 6.45) is 0. The number of rotatable bonds is 4. The number of amides is 1. The van der Waals surface area contributed by atoms with Gasteiger partial charge in [0.25, 0.3) is 5.91 Å². The van der Waals surface area contributed by atoms with E-state index in [1.807, 2.05) is 48.2 Å². The molecule has 1 aliphatic rings.